The summed E-state index contributed by atoms with van der Waals surface area (Å²) in [4.78, 5) is 24.9. The summed E-state index contributed by atoms with van der Waals surface area (Å²) in [6, 6.07) is -0.665. The van der Waals surface area contributed by atoms with Gasteiger partial charge < -0.3 is 34.3 Å². The summed E-state index contributed by atoms with van der Waals surface area (Å²) in [7, 11) is 1.31. The van der Waals surface area contributed by atoms with Gasteiger partial charge in [0.1, 0.15) is 12.2 Å². The predicted molar refractivity (Wildman–Crippen MR) is 108 cm³/mol. The first-order valence-electron chi connectivity index (χ1n) is 10.1. The number of quaternary nitrogens is 1. The Bertz CT molecular complexity index is 740. The van der Waals surface area contributed by atoms with Crippen molar-refractivity contribution in [2.75, 3.05) is 26.8 Å². The number of hydrogen-bond donors (Lipinski definition) is 2. The van der Waals surface area contributed by atoms with E-state index in [1.165, 1.54) is 27.9 Å². The minimum absolute atomic E-state index is 0.193. The monoisotopic (exact) mass is 427 g/mol. The molecule has 2 rings (SSSR count). The van der Waals surface area contributed by atoms with Crippen LogP contribution < -0.4 is 0 Å². The molecule has 5 atom stereocenters. The lowest BCUT2D eigenvalue weighted by molar-refractivity contribution is -0.877. The number of hydroxylamine groups is 3. The number of esters is 2. The second-order valence-corrected chi connectivity index (χ2v) is 8.57. The maximum absolute atomic E-state index is 13.1. The Balaban J connectivity index is 2.14. The summed E-state index contributed by atoms with van der Waals surface area (Å²) in [5.41, 5.74) is -3.16. The largest absolute Gasteiger partial charge is 0.632 e. The van der Waals surface area contributed by atoms with Crippen molar-refractivity contribution in [3.8, 4) is 0 Å². The Morgan fingerprint density at radius 2 is 2.03 bits per heavy atom. The van der Waals surface area contributed by atoms with Gasteiger partial charge in [0.25, 0.3) is 0 Å². The number of fused-ring (bicyclic) bond motifs is 1. The van der Waals surface area contributed by atoms with Gasteiger partial charge in [0, 0.05) is 24.7 Å². The molecule has 0 aliphatic carbocycles. The molecule has 0 aromatic rings. The first-order chi connectivity index (χ1) is 13.8. The van der Waals surface area contributed by atoms with Crippen molar-refractivity contribution >= 4 is 11.9 Å². The first kappa shape index (κ1) is 24.5. The van der Waals surface area contributed by atoms with Crippen LogP contribution in [0.2, 0.25) is 0 Å². The summed E-state index contributed by atoms with van der Waals surface area (Å²) in [5, 5.41) is 34.3. The molecule has 9 heteroatoms. The maximum Gasteiger partial charge on any atom is 0.344 e. The molecule has 0 amide bonds. The summed E-state index contributed by atoms with van der Waals surface area (Å²) in [5.74, 6) is -1.54. The zero-order chi connectivity index (χ0) is 22.9. The summed E-state index contributed by atoms with van der Waals surface area (Å²) in [6.45, 7) is 7.62. The molecule has 1 saturated heterocycles. The Kier molecular flexibility index (Phi) is 7.15. The van der Waals surface area contributed by atoms with Gasteiger partial charge in [-0.15, -0.1) is 0 Å². The molecule has 2 aliphatic heterocycles. The summed E-state index contributed by atoms with van der Waals surface area (Å²) in [6.07, 6.45) is 2.08. The number of methoxy groups -OCH3 is 1. The van der Waals surface area contributed by atoms with E-state index in [9.17, 15) is 25.0 Å². The van der Waals surface area contributed by atoms with Crippen molar-refractivity contribution in [1.82, 2.24) is 0 Å². The molecule has 9 nitrogen and oxygen atoms in total. The fourth-order valence-corrected chi connectivity index (χ4v) is 4.04. The number of ether oxygens (including phenoxy) is 3. The molecule has 30 heavy (non-hydrogen) atoms. The third-order valence-electron chi connectivity index (χ3n) is 6.26. The average Bonchev–Trinajstić information content (AvgIpc) is 3.18. The van der Waals surface area contributed by atoms with E-state index in [0.29, 0.717) is 24.1 Å². The van der Waals surface area contributed by atoms with Crippen LogP contribution in [0.1, 0.15) is 41.0 Å². The Labute approximate surface area is 177 Å². The lowest BCUT2D eigenvalue weighted by Crippen LogP contribution is -2.63. The van der Waals surface area contributed by atoms with Crippen LogP contribution in [0.25, 0.3) is 0 Å². The number of allylic oxidation sites excluding steroid dienone is 1. The molecule has 0 aromatic heterocycles. The van der Waals surface area contributed by atoms with E-state index in [1.807, 2.05) is 0 Å². The maximum atomic E-state index is 13.1. The standard InChI is InChI=1S/C21H33NO8/c1-7-13(2)18(23)30-16-9-11-22(27)10-8-15(17(16)22)12-29-19(24)21(26,14(3)28-6)20(4,5)25/h7-8,14,16-17,25-26H,9-12H2,1-6H3/b13-7+/t14-,16+,17-,21?,22?/m1/s1. The van der Waals surface area contributed by atoms with Gasteiger partial charge in [0.05, 0.1) is 19.2 Å². The van der Waals surface area contributed by atoms with E-state index >= 15 is 0 Å². The second-order valence-electron chi connectivity index (χ2n) is 8.57. The summed E-state index contributed by atoms with van der Waals surface area (Å²) < 4.78 is 15.4. The van der Waals surface area contributed by atoms with Gasteiger partial charge >= 0.3 is 11.9 Å². The fourth-order valence-electron chi connectivity index (χ4n) is 4.04. The van der Waals surface area contributed by atoms with Crippen molar-refractivity contribution in [2.45, 2.75) is 70.5 Å². The van der Waals surface area contributed by atoms with Crippen molar-refractivity contribution in [3.63, 3.8) is 0 Å². The zero-order valence-electron chi connectivity index (χ0n) is 18.5. The molecule has 2 aliphatic rings. The van der Waals surface area contributed by atoms with E-state index in [-0.39, 0.29) is 13.2 Å². The van der Waals surface area contributed by atoms with Gasteiger partial charge in [-0.2, -0.15) is 0 Å². The fraction of sp³-hybridized carbons (Fsp3) is 0.714. The van der Waals surface area contributed by atoms with Crippen molar-refractivity contribution in [2.24, 2.45) is 0 Å². The van der Waals surface area contributed by atoms with Gasteiger partial charge in [0.2, 0.25) is 5.60 Å². The van der Waals surface area contributed by atoms with Crippen molar-refractivity contribution in [3.05, 3.63) is 28.5 Å². The van der Waals surface area contributed by atoms with Crippen molar-refractivity contribution < 1.29 is 38.7 Å². The van der Waals surface area contributed by atoms with Crippen LogP contribution in [0.4, 0.5) is 0 Å². The molecule has 2 unspecified atom stereocenters. The van der Waals surface area contributed by atoms with Crippen LogP contribution in [-0.2, 0) is 23.8 Å². The van der Waals surface area contributed by atoms with Gasteiger partial charge in [-0.25, -0.2) is 9.59 Å². The van der Waals surface area contributed by atoms with Crippen molar-refractivity contribution in [1.29, 1.82) is 0 Å². The average molecular weight is 427 g/mol. The predicted octanol–water partition coefficient (Wildman–Crippen LogP) is 0.971. The topological polar surface area (TPSA) is 125 Å². The lowest BCUT2D eigenvalue weighted by atomic mass is 9.81. The van der Waals surface area contributed by atoms with Crippen LogP contribution in [0.3, 0.4) is 0 Å². The lowest BCUT2D eigenvalue weighted by Gasteiger charge is -2.41. The van der Waals surface area contributed by atoms with Gasteiger partial charge in [-0.3, -0.25) is 0 Å². The second kappa shape index (κ2) is 8.76. The quantitative estimate of drug-likeness (QED) is 0.193. The Hall–Kier alpha value is -1.78. The third-order valence-corrected chi connectivity index (χ3v) is 6.26. The molecule has 0 saturated carbocycles. The van der Waals surface area contributed by atoms with E-state index < -0.39 is 46.0 Å². The SMILES string of the molecule is C/C=C(\C)C(=O)O[C@H]1CC[N+]2([O-])CC=C(COC(=O)C(O)([C@@H](C)OC)C(C)(C)O)[C@H]12. The Morgan fingerprint density at radius 1 is 1.40 bits per heavy atom. The van der Waals surface area contributed by atoms with Crippen LogP contribution >= 0.6 is 0 Å². The minimum atomic E-state index is -2.31. The minimum Gasteiger partial charge on any atom is -0.632 e. The van der Waals surface area contributed by atoms with E-state index in [2.05, 4.69) is 0 Å². The highest BCUT2D eigenvalue weighted by Crippen LogP contribution is 2.38. The highest BCUT2D eigenvalue weighted by atomic mass is 16.6. The molecule has 0 bridgehead atoms. The molecule has 0 radical (unpaired) electrons. The number of nitrogens with zero attached hydrogens (tertiary/aromatic N) is 1. The zero-order valence-corrected chi connectivity index (χ0v) is 18.5. The molecular formula is C21H33NO8. The van der Waals surface area contributed by atoms with Crippen LogP contribution in [0.15, 0.2) is 23.3 Å². The molecule has 170 valence electrons. The number of rotatable bonds is 8. The first-order valence-corrected chi connectivity index (χ1v) is 10.1. The van der Waals surface area contributed by atoms with Crippen LogP contribution in [0.5, 0.6) is 0 Å². The molecule has 0 aromatic carbocycles. The smallest absolute Gasteiger partial charge is 0.344 e. The van der Waals surface area contributed by atoms with Gasteiger partial charge in [-0.1, -0.05) is 6.08 Å². The number of aliphatic hydroxyl groups is 2. The van der Waals surface area contributed by atoms with E-state index in [4.69, 9.17) is 14.2 Å². The highest BCUT2D eigenvalue weighted by molar-refractivity contribution is 5.87. The van der Waals surface area contributed by atoms with Gasteiger partial charge in [-0.05, 0) is 40.7 Å². The van der Waals surface area contributed by atoms with E-state index in [0.717, 1.165) is 0 Å². The molecular weight excluding hydrogens is 394 g/mol. The number of carbonyl (C=O) groups excluding carboxylic acids is 2. The van der Waals surface area contributed by atoms with E-state index in [1.54, 1.807) is 26.0 Å². The van der Waals surface area contributed by atoms with Gasteiger partial charge in [0.15, 0.2) is 12.1 Å². The van der Waals surface area contributed by atoms with Crippen LogP contribution in [0, 0.1) is 5.21 Å². The normalized spacial score (nSPS) is 29.6. The third kappa shape index (κ3) is 4.31. The summed E-state index contributed by atoms with van der Waals surface area (Å²) >= 11 is 0. The van der Waals surface area contributed by atoms with Crippen LogP contribution in [-0.4, -0.2) is 83.1 Å². The molecule has 1 fully saturated rings. The number of carbonyl (C=O) groups is 2. The highest BCUT2D eigenvalue weighted by Gasteiger charge is 2.56. The molecule has 0 spiro atoms. The number of hydrogen-bond acceptors (Lipinski definition) is 8. The molecule has 2 heterocycles. The molecule has 2 N–H and O–H groups in total. The Morgan fingerprint density at radius 3 is 2.57 bits per heavy atom.